The van der Waals surface area contributed by atoms with Gasteiger partial charge in [-0.3, -0.25) is 4.98 Å². The molecule has 4 nitrogen and oxygen atoms in total. The summed E-state index contributed by atoms with van der Waals surface area (Å²) < 4.78 is 5.95. The van der Waals surface area contributed by atoms with E-state index in [1.165, 1.54) is 19.3 Å². The van der Waals surface area contributed by atoms with Gasteiger partial charge < -0.3 is 10.1 Å². The molecule has 1 saturated carbocycles. The van der Waals surface area contributed by atoms with Crippen LogP contribution in [-0.2, 0) is 6.54 Å². The van der Waals surface area contributed by atoms with Crippen LogP contribution in [0, 0.1) is 5.92 Å². The first kappa shape index (κ1) is 14.3. The van der Waals surface area contributed by atoms with Gasteiger partial charge in [0.05, 0.1) is 18.1 Å². The van der Waals surface area contributed by atoms with Crippen LogP contribution in [0.4, 0.5) is 0 Å². The van der Waals surface area contributed by atoms with E-state index in [2.05, 4.69) is 36.1 Å². The molecule has 4 heteroatoms. The summed E-state index contributed by atoms with van der Waals surface area (Å²) in [6, 6.07) is 0.459. The van der Waals surface area contributed by atoms with Crippen molar-refractivity contribution in [3.05, 3.63) is 18.1 Å². The molecule has 1 aromatic rings. The molecule has 2 atom stereocenters. The quantitative estimate of drug-likeness (QED) is 0.887. The van der Waals surface area contributed by atoms with Crippen LogP contribution in [0.5, 0.6) is 5.88 Å². The molecule has 1 aromatic heterocycles. The molecule has 2 rings (SSSR count). The van der Waals surface area contributed by atoms with Gasteiger partial charge in [-0.15, -0.1) is 0 Å². The van der Waals surface area contributed by atoms with Crippen LogP contribution in [0.15, 0.2) is 12.4 Å². The van der Waals surface area contributed by atoms with Gasteiger partial charge >= 0.3 is 0 Å². The topological polar surface area (TPSA) is 47.0 Å². The van der Waals surface area contributed by atoms with Crippen LogP contribution in [0.1, 0.15) is 52.1 Å². The zero-order valence-corrected chi connectivity index (χ0v) is 12.2. The van der Waals surface area contributed by atoms with E-state index in [9.17, 15) is 0 Å². The standard InChI is InChI=1S/C15H25N3O/c1-11(2)16-8-13-9-18-15(10-17-13)19-14-7-5-4-6-12(14)3/h9-12,14,16H,4-8H2,1-3H3. The second kappa shape index (κ2) is 6.85. The maximum absolute atomic E-state index is 5.95. The smallest absolute Gasteiger partial charge is 0.232 e. The van der Waals surface area contributed by atoms with E-state index >= 15 is 0 Å². The third-order valence-electron chi connectivity index (χ3n) is 3.68. The number of aromatic nitrogens is 2. The molecule has 2 unspecified atom stereocenters. The van der Waals surface area contributed by atoms with Gasteiger partial charge in [-0.05, 0) is 25.2 Å². The lowest BCUT2D eigenvalue weighted by atomic mass is 9.88. The molecule has 0 spiro atoms. The molecule has 1 heterocycles. The fourth-order valence-electron chi connectivity index (χ4n) is 2.42. The molecular weight excluding hydrogens is 238 g/mol. The van der Waals surface area contributed by atoms with Crippen LogP contribution in [0.25, 0.3) is 0 Å². The van der Waals surface area contributed by atoms with Crippen molar-refractivity contribution in [1.29, 1.82) is 0 Å². The average Bonchev–Trinajstić information content (AvgIpc) is 2.40. The Labute approximate surface area is 116 Å². The summed E-state index contributed by atoms with van der Waals surface area (Å²) >= 11 is 0. The summed E-state index contributed by atoms with van der Waals surface area (Å²) in [5.74, 6) is 1.28. The van der Waals surface area contributed by atoms with Gasteiger partial charge in [0.2, 0.25) is 5.88 Å². The molecule has 0 saturated heterocycles. The molecule has 1 fully saturated rings. The molecule has 0 bridgehead atoms. The molecule has 19 heavy (non-hydrogen) atoms. The van der Waals surface area contributed by atoms with Crippen molar-refractivity contribution >= 4 is 0 Å². The van der Waals surface area contributed by atoms with E-state index in [0.29, 0.717) is 23.9 Å². The molecular formula is C15H25N3O. The summed E-state index contributed by atoms with van der Waals surface area (Å²) in [4.78, 5) is 8.75. The minimum atomic E-state index is 0.308. The predicted octanol–water partition coefficient (Wildman–Crippen LogP) is 2.93. The second-order valence-electron chi connectivity index (χ2n) is 5.80. The van der Waals surface area contributed by atoms with Gasteiger partial charge in [0.15, 0.2) is 0 Å². The van der Waals surface area contributed by atoms with Crippen molar-refractivity contribution in [3.63, 3.8) is 0 Å². The normalized spacial score (nSPS) is 23.6. The fourth-order valence-corrected chi connectivity index (χ4v) is 2.42. The molecule has 106 valence electrons. The Morgan fingerprint density at radius 3 is 2.68 bits per heavy atom. The first-order valence-corrected chi connectivity index (χ1v) is 7.36. The van der Waals surface area contributed by atoms with Gasteiger partial charge in [-0.2, -0.15) is 0 Å². The van der Waals surface area contributed by atoms with Gasteiger partial charge in [0, 0.05) is 12.6 Å². The Kier molecular flexibility index (Phi) is 5.14. The van der Waals surface area contributed by atoms with E-state index in [0.717, 1.165) is 18.7 Å². The van der Waals surface area contributed by atoms with E-state index in [-0.39, 0.29) is 0 Å². The predicted molar refractivity (Wildman–Crippen MR) is 76.1 cm³/mol. The number of hydrogen-bond acceptors (Lipinski definition) is 4. The Bertz CT molecular complexity index is 377. The Hall–Kier alpha value is -1.16. The molecule has 1 aliphatic carbocycles. The summed E-state index contributed by atoms with van der Waals surface area (Å²) in [5, 5.41) is 3.33. The van der Waals surface area contributed by atoms with Crippen LogP contribution in [0.2, 0.25) is 0 Å². The van der Waals surface area contributed by atoms with Crippen molar-refractivity contribution < 1.29 is 4.74 Å². The van der Waals surface area contributed by atoms with Gasteiger partial charge in [0.1, 0.15) is 6.10 Å². The summed E-state index contributed by atoms with van der Waals surface area (Å²) in [5.41, 5.74) is 0.956. The highest BCUT2D eigenvalue weighted by atomic mass is 16.5. The maximum Gasteiger partial charge on any atom is 0.232 e. The van der Waals surface area contributed by atoms with Crippen molar-refractivity contribution in [1.82, 2.24) is 15.3 Å². The number of hydrogen-bond donors (Lipinski definition) is 1. The Morgan fingerprint density at radius 2 is 2.05 bits per heavy atom. The lowest BCUT2D eigenvalue weighted by Crippen LogP contribution is -2.28. The van der Waals surface area contributed by atoms with Crippen LogP contribution in [-0.4, -0.2) is 22.1 Å². The van der Waals surface area contributed by atoms with Crippen molar-refractivity contribution in [2.75, 3.05) is 0 Å². The zero-order chi connectivity index (χ0) is 13.7. The Morgan fingerprint density at radius 1 is 1.26 bits per heavy atom. The SMILES string of the molecule is CC(C)NCc1cnc(OC2CCCCC2C)cn1. The van der Waals surface area contributed by atoms with Crippen LogP contribution < -0.4 is 10.1 Å². The van der Waals surface area contributed by atoms with Gasteiger partial charge in [-0.1, -0.05) is 27.2 Å². The number of rotatable bonds is 5. The van der Waals surface area contributed by atoms with Crippen molar-refractivity contribution in [3.8, 4) is 5.88 Å². The fraction of sp³-hybridized carbons (Fsp3) is 0.733. The molecule has 1 N–H and O–H groups in total. The number of nitrogens with one attached hydrogen (secondary N) is 1. The van der Waals surface area contributed by atoms with E-state index < -0.39 is 0 Å². The number of ether oxygens (including phenoxy) is 1. The highest BCUT2D eigenvalue weighted by molar-refractivity contribution is 5.08. The summed E-state index contributed by atoms with van der Waals surface area (Å²) in [7, 11) is 0. The van der Waals surface area contributed by atoms with Gasteiger partial charge in [-0.25, -0.2) is 4.98 Å². The highest BCUT2D eigenvalue weighted by Crippen LogP contribution is 2.26. The van der Waals surface area contributed by atoms with Crippen molar-refractivity contribution in [2.45, 2.75) is 65.1 Å². The Balaban J connectivity index is 1.87. The second-order valence-corrected chi connectivity index (χ2v) is 5.80. The van der Waals surface area contributed by atoms with E-state index in [1.807, 2.05) is 0 Å². The van der Waals surface area contributed by atoms with E-state index in [4.69, 9.17) is 4.74 Å². The third kappa shape index (κ3) is 4.46. The lowest BCUT2D eigenvalue weighted by Gasteiger charge is -2.28. The van der Waals surface area contributed by atoms with Crippen molar-refractivity contribution in [2.24, 2.45) is 5.92 Å². The minimum Gasteiger partial charge on any atom is -0.473 e. The number of nitrogens with zero attached hydrogens (tertiary/aromatic N) is 2. The average molecular weight is 263 g/mol. The zero-order valence-electron chi connectivity index (χ0n) is 12.2. The first-order chi connectivity index (χ1) is 9.15. The molecule has 0 radical (unpaired) electrons. The third-order valence-corrected chi connectivity index (χ3v) is 3.68. The minimum absolute atomic E-state index is 0.308. The van der Waals surface area contributed by atoms with Gasteiger partial charge in [0.25, 0.3) is 0 Å². The highest BCUT2D eigenvalue weighted by Gasteiger charge is 2.23. The van der Waals surface area contributed by atoms with Crippen LogP contribution >= 0.6 is 0 Å². The first-order valence-electron chi connectivity index (χ1n) is 7.36. The maximum atomic E-state index is 5.95. The summed E-state index contributed by atoms with van der Waals surface area (Å²) in [6.45, 7) is 7.26. The summed E-state index contributed by atoms with van der Waals surface area (Å²) in [6.07, 6.45) is 8.85. The van der Waals surface area contributed by atoms with E-state index in [1.54, 1.807) is 12.4 Å². The lowest BCUT2D eigenvalue weighted by molar-refractivity contribution is 0.0970. The molecule has 0 amide bonds. The van der Waals surface area contributed by atoms with Crippen LogP contribution in [0.3, 0.4) is 0 Å². The molecule has 0 aromatic carbocycles. The largest absolute Gasteiger partial charge is 0.473 e. The molecule has 1 aliphatic rings. The molecule has 0 aliphatic heterocycles. The monoisotopic (exact) mass is 263 g/mol.